The average molecular weight is 523 g/mol. The SMILES string of the molecule is N#Cc1cccc(CNCCN2CCN(c3ncc(-c4ccsc4)c4nc(C(F)(F)F)ccc34)CC2)c1. The lowest BCUT2D eigenvalue weighted by molar-refractivity contribution is -0.140. The number of alkyl halides is 3. The highest BCUT2D eigenvalue weighted by molar-refractivity contribution is 7.08. The molecule has 10 heteroatoms. The van der Waals surface area contributed by atoms with Gasteiger partial charge in [0.05, 0.1) is 17.1 Å². The molecule has 3 aromatic heterocycles. The van der Waals surface area contributed by atoms with E-state index in [1.165, 1.54) is 17.4 Å². The molecule has 0 bridgehead atoms. The molecule has 1 aromatic carbocycles. The van der Waals surface area contributed by atoms with Crippen molar-refractivity contribution >= 4 is 28.1 Å². The Bertz CT molecular complexity index is 1410. The number of thiophene rings is 1. The summed E-state index contributed by atoms with van der Waals surface area (Å²) in [6, 6.07) is 14.1. The summed E-state index contributed by atoms with van der Waals surface area (Å²) in [7, 11) is 0. The first kappa shape index (κ1) is 25.1. The van der Waals surface area contributed by atoms with Crippen LogP contribution >= 0.6 is 11.3 Å². The number of nitrogens with zero attached hydrogens (tertiary/aromatic N) is 5. The van der Waals surface area contributed by atoms with Crippen LogP contribution in [-0.4, -0.2) is 54.1 Å². The number of halogens is 3. The minimum absolute atomic E-state index is 0.324. The minimum Gasteiger partial charge on any atom is -0.353 e. The number of nitrogens with one attached hydrogen (secondary N) is 1. The van der Waals surface area contributed by atoms with Crippen LogP contribution in [0.15, 0.2) is 59.4 Å². The van der Waals surface area contributed by atoms with Crippen LogP contribution in [0, 0.1) is 11.3 Å². The van der Waals surface area contributed by atoms with Crippen molar-refractivity contribution in [3.8, 4) is 17.2 Å². The van der Waals surface area contributed by atoms with Gasteiger partial charge in [-0.15, -0.1) is 0 Å². The van der Waals surface area contributed by atoms with Crippen LogP contribution < -0.4 is 10.2 Å². The number of fused-ring (bicyclic) bond motifs is 1. The first-order valence-electron chi connectivity index (χ1n) is 12.0. The van der Waals surface area contributed by atoms with Gasteiger partial charge < -0.3 is 10.2 Å². The number of anilines is 1. The lowest BCUT2D eigenvalue weighted by Gasteiger charge is -2.36. The molecule has 0 unspecified atom stereocenters. The van der Waals surface area contributed by atoms with Crippen LogP contribution in [0.4, 0.5) is 19.0 Å². The summed E-state index contributed by atoms with van der Waals surface area (Å²) in [5.41, 5.74) is 2.59. The van der Waals surface area contributed by atoms with E-state index in [2.05, 4.69) is 31.2 Å². The number of benzene rings is 1. The monoisotopic (exact) mass is 522 g/mol. The van der Waals surface area contributed by atoms with Crippen LogP contribution in [-0.2, 0) is 12.7 Å². The Morgan fingerprint density at radius 1 is 1.08 bits per heavy atom. The second-order valence-electron chi connectivity index (χ2n) is 8.92. The molecule has 190 valence electrons. The topological polar surface area (TPSA) is 68.1 Å². The molecule has 0 aliphatic carbocycles. The highest BCUT2D eigenvalue weighted by atomic mass is 32.1. The fourth-order valence-electron chi connectivity index (χ4n) is 4.54. The van der Waals surface area contributed by atoms with Gasteiger partial charge in [0.1, 0.15) is 11.5 Å². The maximum absolute atomic E-state index is 13.4. The molecule has 37 heavy (non-hydrogen) atoms. The Balaban J connectivity index is 1.25. The van der Waals surface area contributed by atoms with Crippen molar-refractivity contribution in [1.82, 2.24) is 20.2 Å². The van der Waals surface area contributed by atoms with Crippen molar-refractivity contribution < 1.29 is 13.2 Å². The van der Waals surface area contributed by atoms with Crippen molar-refractivity contribution in [2.24, 2.45) is 0 Å². The lowest BCUT2D eigenvalue weighted by Crippen LogP contribution is -2.48. The van der Waals surface area contributed by atoms with Crippen molar-refractivity contribution in [2.75, 3.05) is 44.2 Å². The van der Waals surface area contributed by atoms with Gasteiger partial charge in [0.25, 0.3) is 0 Å². The van der Waals surface area contributed by atoms with E-state index in [9.17, 15) is 13.2 Å². The largest absolute Gasteiger partial charge is 0.433 e. The Labute approximate surface area is 217 Å². The Morgan fingerprint density at radius 2 is 1.92 bits per heavy atom. The lowest BCUT2D eigenvalue weighted by atomic mass is 10.1. The van der Waals surface area contributed by atoms with E-state index in [1.54, 1.807) is 12.3 Å². The molecule has 0 spiro atoms. The zero-order valence-electron chi connectivity index (χ0n) is 20.0. The number of aromatic nitrogens is 2. The quantitative estimate of drug-likeness (QED) is 0.338. The van der Waals surface area contributed by atoms with Crippen LogP contribution in [0.1, 0.15) is 16.8 Å². The number of hydrogen-bond acceptors (Lipinski definition) is 7. The number of pyridine rings is 2. The van der Waals surface area contributed by atoms with Gasteiger partial charge in [0.15, 0.2) is 0 Å². The van der Waals surface area contributed by atoms with Gasteiger partial charge in [0.2, 0.25) is 0 Å². The van der Waals surface area contributed by atoms with Crippen LogP contribution in [0.3, 0.4) is 0 Å². The molecular weight excluding hydrogens is 497 g/mol. The van der Waals surface area contributed by atoms with Crippen molar-refractivity contribution in [3.05, 3.63) is 76.2 Å². The predicted octanol–water partition coefficient (Wildman–Crippen LogP) is 5.16. The molecule has 1 aliphatic heterocycles. The minimum atomic E-state index is -4.51. The standard InChI is InChI=1S/C27H25F3N6S/c28-27(29,30)24-5-4-22-25(34-24)23(21-6-13-37-18-21)17-33-26(22)36-11-9-35(10-12-36)8-7-32-16-20-3-1-2-19(14-20)15-31/h1-6,13-14,17-18,32H,7-12,16H2. The third-order valence-electron chi connectivity index (χ3n) is 6.49. The smallest absolute Gasteiger partial charge is 0.353 e. The van der Waals surface area contributed by atoms with Gasteiger partial charge in [-0.1, -0.05) is 12.1 Å². The molecular formula is C27H25F3N6S. The molecule has 1 aliphatic rings. The molecule has 0 radical (unpaired) electrons. The van der Waals surface area contributed by atoms with Gasteiger partial charge in [-0.25, -0.2) is 9.97 Å². The third-order valence-corrected chi connectivity index (χ3v) is 7.17. The van der Waals surface area contributed by atoms with Gasteiger partial charge in [0, 0.05) is 63.0 Å². The molecule has 1 N–H and O–H groups in total. The second-order valence-corrected chi connectivity index (χ2v) is 9.70. The first-order valence-corrected chi connectivity index (χ1v) is 12.9. The highest BCUT2D eigenvalue weighted by Crippen LogP contribution is 2.36. The van der Waals surface area contributed by atoms with E-state index in [1.807, 2.05) is 35.0 Å². The molecule has 0 atom stereocenters. The molecule has 4 aromatic rings. The van der Waals surface area contributed by atoms with Crippen molar-refractivity contribution in [1.29, 1.82) is 5.26 Å². The maximum Gasteiger partial charge on any atom is 0.433 e. The Kier molecular flexibility index (Phi) is 7.37. The van der Waals surface area contributed by atoms with E-state index < -0.39 is 11.9 Å². The van der Waals surface area contributed by atoms with Crippen molar-refractivity contribution in [2.45, 2.75) is 12.7 Å². The normalized spacial score (nSPS) is 14.7. The number of piperazine rings is 1. The molecule has 6 nitrogen and oxygen atoms in total. The van der Waals surface area contributed by atoms with Gasteiger partial charge in [-0.05, 0) is 52.2 Å². The Hall–Kier alpha value is -3.52. The number of nitriles is 1. The first-order chi connectivity index (χ1) is 17.9. The van der Waals surface area contributed by atoms with Gasteiger partial charge in [-0.2, -0.15) is 29.8 Å². The molecule has 1 saturated heterocycles. The Morgan fingerprint density at radius 3 is 2.65 bits per heavy atom. The number of rotatable bonds is 7. The average Bonchev–Trinajstić information content (AvgIpc) is 3.45. The van der Waals surface area contributed by atoms with Gasteiger partial charge >= 0.3 is 6.18 Å². The second kappa shape index (κ2) is 10.8. The summed E-state index contributed by atoms with van der Waals surface area (Å²) < 4.78 is 40.3. The summed E-state index contributed by atoms with van der Waals surface area (Å²) in [6.07, 6.45) is -2.87. The highest BCUT2D eigenvalue weighted by Gasteiger charge is 2.33. The van der Waals surface area contributed by atoms with Crippen LogP contribution in [0.2, 0.25) is 0 Å². The molecule has 1 fully saturated rings. The fourth-order valence-corrected chi connectivity index (χ4v) is 5.20. The number of hydrogen-bond donors (Lipinski definition) is 1. The summed E-state index contributed by atoms with van der Waals surface area (Å²) in [4.78, 5) is 13.2. The van der Waals surface area contributed by atoms with E-state index in [-0.39, 0.29) is 0 Å². The van der Waals surface area contributed by atoms with E-state index >= 15 is 0 Å². The van der Waals surface area contributed by atoms with Crippen molar-refractivity contribution in [3.63, 3.8) is 0 Å². The van der Waals surface area contributed by atoms with Crippen LogP contribution in [0.25, 0.3) is 22.0 Å². The van der Waals surface area contributed by atoms with E-state index in [0.29, 0.717) is 34.4 Å². The molecule has 4 heterocycles. The third kappa shape index (κ3) is 5.74. The maximum atomic E-state index is 13.4. The predicted molar refractivity (Wildman–Crippen MR) is 139 cm³/mol. The summed E-state index contributed by atoms with van der Waals surface area (Å²) in [6.45, 7) is 5.51. The van der Waals surface area contributed by atoms with Gasteiger partial charge in [-0.3, -0.25) is 4.90 Å². The van der Waals surface area contributed by atoms with Crippen LogP contribution in [0.5, 0.6) is 0 Å². The fraction of sp³-hybridized carbons (Fsp3) is 0.296. The summed E-state index contributed by atoms with van der Waals surface area (Å²) in [5, 5.41) is 16.9. The van der Waals surface area contributed by atoms with E-state index in [0.717, 1.165) is 56.5 Å². The summed E-state index contributed by atoms with van der Waals surface area (Å²) in [5.74, 6) is 0.672. The van der Waals surface area contributed by atoms with E-state index in [4.69, 9.17) is 5.26 Å². The zero-order valence-corrected chi connectivity index (χ0v) is 20.8. The molecule has 0 saturated carbocycles. The molecule has 0 amide bonds. The zero-order chi connectivity index (χ0) is 25.8. The molecule has 5 rings (SSSR count). The summed E-state index contributed by atoms with van der Waals surface area (Å²) >= 11 is 1.48.